The van der Waals surface area contributed by atoms with Crippen molar-refractivity contribution < 1.29 is 9.53 Å². The summed E-state index contributed by atoms with van der Waals surface area (Å²) in [6.45, 7) is 4.87. The SMILES string of the molecule is CC1CN(C2CCC(NC3CC3)(C(N)=O)C2)CCO1. The molecule has 0 aromatic heterocycles. The number of morpholine rings is 1. The minimum Gasteiger partial charge on any atom is -0.376 e. The molecule has 0 radical (unpaired) electrons. The van der Waals surface area contributed by atoms with E-state index in [1.165, 1.54) is 12.8 Å². The Hall–Kier alpha value is -0.650. The van der Waals surface area contributed by atoms with Crippen LogP contribution in [0.15, 0.2) is 0 Å². The predicted molar refractivity (Wildman–Crippen MR) is 72.7 cm³/mol. The summed E-state index contributed by atoms with van der Waals surface area (Å²) in [4.78, 5) is 14.4. The topological polar surface area (TPSA) is 67.6 Å². The molecule has 0 aromatic rings. The van der Waals surface area contributed by atoms with Gasteiger partial charge in [0.05, 0.1) is 18.2 Å². The molecule has 1 aliphatic heterocycles. The molecule has 108 valence electrons. The lowest BCUT2D eigenvalue weighted by Crippen LogP contribution is -2.56. The van der Waals surface area contributed by atoms with E-state index in [2.05, 4.69) is 17.1 Å². The zero-order chi connectivity index (χ0) is 13.5. The highest BCUT2D eigenvalue weighted by Gasteiger charge is 2.48. The van der Waals surface area contributed by atoms with Crippen LogP contribution in [-0.2, 0) is 9.53 Å². The molecule has 0 bridgehead atoms. The molecule has 19 heavy (non-hydrogen) atoms. The van der Waals surface area contributed by atoms with Gasteiger partial charge in [0, 0.05) is 25.2 Å². The number of nitrogens with two attached hydrogens (primary N) is 1. The van der Waals surface area contributed by atoms with Crippen molar-refractivity contribution in [3.8, 4) is 0 Å². The molecule has 3 aliphatic rings. The number of hydrogen-bond donors (Lipinski definition) is 2. The van der Waals surface area contributed by atoms with Crippen LogP contribution in [0.4, 0.5) is 0 Å². The largest absolute Gasteiger partial charge is 0.376 e. The first-order valence-electron chi connectivity index (χ1n) is 7.52. The minimum absolute atomic E-state index is 0.164. The molecule has 1 heterocycles. The normalized spacial score (nSPS) is 40.5. The highest BCUT2D eigenvalue weighted by atomic mass is 16.5. The standard InChI is InChI=1S/C14H25N3O2/c1-10-9-17(6-7-19-10)12-4-5-14(8-12,13(15)18)16-11-2-3-11/h10-12,16H,2-9H2,1H3,(H2,15,18). The van der Waals surface area contributed by atoms with E-state index >= 15 is 0 Å². The Labute approximate surface area is 114 Å². The number of hydrogen-bond acceptors (Lipinski definition) is 4. The molecule has 3 fully saturated rings. The maximum Gasteiger partial charge on any atom is 0.237 e. The first-order valence-corrected chi connectivity index (χ1v) is 7.52. The molecule has 5 nitrogen and oxygen atoms in total. The zero-order valence-electron chi connectivity index (χ0n) is 11.7. The summed E-state index contributed by atoms with van der Waals surface area (Å²) in [5, 5.41) is 3.51. The quantitative estimate of drug-likeness (QED) is 0.765. The summed E-state index contributed by atoms with van der Waals surface area (Å²) in [7, 11) is 0. The Morgan fingerprint density at radius 2 is 2.21 bits per heavy atom. The van der Waals surface area contributed by atoms with Crippen LogP contribution in [0, 0.1) is 0 Å². The summed E-state index contributed by atoms with van der Waals surface area (Å²) in [5.41, 5.74) is 5.23. The van der Waals surface area contributed by atoms with Crippen LogP contribution < -0.4 is 11.1 Å². The third kappa shape index (κ3) is 2.78. The third-order valence-electron chi connectivity index (χ3n) is 4.81. The minimum atomic E-state index is -0.451. The number of amides is 1. The van der Waals surface area contributed by atoms with Gasteiger partial charge in [0.15, 0.2) is 0 Å². The second-order valence-electron chi connectivity index (χ2n) is 6.44. The summed E-state index contributed by atoms with van der Waals surface area (Å²) in [6, 6.07) is 1.000. The lowest BCUT2D eigenvalue weighted by Gasteiger charge is -2.36. The second kappa shape index (κ2) is 5.04. The van der Waals surface area contributed by atoms with Gasteiger partial charge < -0.3 is 15.8 Å². The van der Waals surface area contributed by atoms with Crippen molar-refractivity contribution in [1.82, 2.24) is 10.2 Å². The molecule has 1 saturated heterocycles. The van der Waals surface area contributed by atoms with Gasteiger partial charge in [-0.2, -0.15) is 0 Å². The van der Waals surface area contributed by atoms with E-state index in [4.69, 9.17) is 10.5 Å². The highest BCUT2D eigenvalue weighted by Crippen LogP contribution is 2.36. The maximum atomic E-state index is 11.9. The molecule has 2 aliphatic carbocycles. The summed E-state index contributed by atoms with van der Waals surface area (Å²) >= 11 is 0. The van der Waals surface area contributed by atoms with Gasteiger partial charge in [-0.05, 0) is 39.0 Å². The Kier molecular flexibility index (Phi) is 3.53. The van der Waals surface area contributed by atoms with Crippen LogP contribution in [0.5, 0.6) is 0 Å². The number of nitrogens with one attached hydrogen (secondary N) is 1. The lowest BCUT2D eigenvalue weighted by molar-refractivity contribution is -0.124. The maximum absolute atomic E-state index is 11.9. The number of primary amides is 1. The Balaban J connectivity index is 1.64. The summed E-state index contributed by atoms with van der Waals surface area (Å²) in [5.74, 6) is -0.164. The molecule has 2 saturated carbocycles. The van der Waals surface area contributed by atoms with Crippen LogP contribution in [0.1, 0.15) is 39.0 Å². The van der Waals surface area contributed by atoms with Crippen LogP contribution in [0.3, 0.4) is 0 Å². The average Bonchev–Trinajstić information content (AvgIpc) is 3.06. The van der Waals surface area contributed by atoms with Crippen molar-refractivity contribution in [2.45, 2.75) is 62.8 Å². The fraction of sp³-hybridized carbons (Fsp3) is 0.929. The molecule has 3 atom stereocenters. The summed E-state index contributed by atoms with van der Waals surface area (Å²) in [6.07, 6.45) is 5.49. The predicted octanol–water partition coefficient (Wildman–Crippen LogP) is 0.236. The van der Waals surface area contributed by atoms with Crippen molar-refractivity contribution in [3.63, 3.8) is 0 Å². The molecule has 3 rings (SSSR count). The van der Waals surface area contributed by atoms with E-state index in [0.717, 1.165) is 39.0 Å². The lowest BCUT2D eigenvalue weighted by atomic mass is 9.95. The molecule has 1 amide bonds. The van der Waals surface area contributed by atoms with Crippen LogP contribution >= 0.6 is 0 Å². The highest BCUT2D eigenvalue weighted by molar-refractivity contribution is 5.85. The van der Waals surface area contributed by atoms with Crippen molar-refractivity contribution in [1.29, 1.82) is 0 Å². The van der Waals surface area contributed by atoms with Gasteiger partial charge in [-0.15, -0.1) is 0 Å². The Morgan fingerprint density at radius 1 is 1.42 bits per heavy atom. The monoisotopic (exact) mass is 267 g/mol. The molecule has 3 unspecified atom stereocenters. The average molecular weight is 267 g/mol. The first kappa shape index (κ1) is 13.3. The molecule has 0 aromatic carbocycles. The van der Waals surface area contributed by atoms with E-state index in [1.807, 2.05) is 0 Å². The number of carbonyl (C=O) groups is 1. The van der Waals surface area contributed by atoms with E-state index in [-0.39, 0.29) is 5.91 Å². The van der Waals surface area contributed by atoms with E-state index in [1.54, 1.807) is 0 Å². The molecule has 0 spiro atoms. The van der Waals surface area contributed by atoms with Crippen molar-refractivity contribution in [3.05, 3.63) is 0 Å². The second-order valence-corrected chi connectivity index (χ2v) is 6.44. The van der Waals surface area contributed by atoms with Crippen molar-refractivity contribution in [2.24, 2.45) is 5.73 Å². The molecular weight excluding hydrogens is 242 g/mol. The van der Waals surface area contributed by atoms with E-state index < -0.39 is 5.54 Å². The van der Waals surface area contributed by atoms with Gasteiger partial charge in [0.1, 0.15) is 0 Å². The third-order valence-corrected chi connectivity index (χ3v) is 4.81. The Morgan fingerprint density at radius 3 is 2.84 bits per heavy atom. The van der Waals surface area contributed by atoms with Crippen molar-refractivity contribution >= 4 is 5.91 Å². The first-order chi connectivity index (χ1) is 9.09. The number of carbonyl (C=O) groups excluding carboxylic acids is 1. The number of ether oxygens (including phenoxy) is 1. The van der Waals surface area contributed by atoms with Gasteiger partial charge in [0.25, 0.3) is 0 Å². The number of rotatable bonds is 4. The fourth-order valence-electron chi connectivity index (χ4n) is 3.55. The van der Waals surface area contributed by atoms with Crippen LogP contribution in [0.2, 0.25) is 0 Å². The number of nitrogens with zero attached hydrogens (tertiary/aromatic N) is 1. The van der Waals surface area contributed by atoms with E-state index in [0.29, 0.717) is 18.2 Å². The van der Waals surface area contributed by atoms with Gasteiger partial charge in [-0.3, -0.25) is 9.69 Å². The van der Waals surface area contributed by atoms with Crippen molar-refractivity contribution in [2.75, 3.05) is 19.7 Å². The van der Waals surface area contributed by atoms with Crippen LogP contribution in [0.25, 0.3) is 0 Å². The van der Waals surface area contributed by atoms with Gasteiger partial charge in [-0.25, -0.2) is 0 Å². The fourth-order valence-corrected chi connectivity index (χ4v) is 3.55. The zero-order valence-corrected chi connectivity index (χ0v) is 11.7. The molecule has 5 heteroatoms. The molecular formula is C14H25N3O2. The summed E-state index contributed by atoms with van der Waals surface area (Å²) < 4.78 is 5.59. The van der Waals surface area contributed by atoms with Crippen LogP contribution in [-0.4, -0.2) is 54.2 Å². The Bertz CT molecular complexity index is 359. The molecule has 3 N–H and O–H groups in total. The van der Waals surface area contributed by atoms with Gasteiger partial charge in [-0.1, -0.05) is 0 Å². The van der Waals surface area contributed by atoms with Gasteiger partial charge in [0.2, 0.25) is 5.91 Å². The van der Waals surface area contributed by atoms with E-state index in [9.17, 15) is 4.79 Å². The smallest absolute Gasteiger partial charge is 0.237 e. The van der Waals surface area contributed by atoms with Gasteiger partial charge >= 0.3 is 0 Å².